The number of unbranched alkanes of at least 4 members (excludes halogenated alkanes) is 2. The summed E-state index contributed by atoms with van der Waals surface area (Å²) < 4.78 is 0. The fourth-order valence-corrected chi connectivity index (χ4v) is 4.81. The topological polar surface area (TPSA) is 28.2 Å². The van der Waals surface area contributed by atoms with Crippen LogP contribution in [0.1, 0.15) is 63.9 Å². The summed E-state index contributed by atoms with van der Waals surface area (Å²) in [6.45, 7) is 4.41. The Morgan fingerprint density at radius 3 is 2.67 bits per heavy atom. The van der Waals surface area contributed by atoms with Gasteiger partial charge in [-0.25, -0.2) is 4.98 Å². The van der Waals surface area contributed by atoms with Gasteiger partial charge in [0.25, 0.3) is 0 Å². The summed E-state index contributed by atoms with van der Waals surface area (Å²) in [5.74, 6) is 2.81. The predicted molar refractivity (Wildman–Crippen MR) is 115 cm³/mol. The standard InChI is InChI=1S/C24H33N3/c1-2-3-4-8-19-12-14-20(15-13-19)17-27-18-21-9-7-16-25-24(21)26-22-10-5-6-11-23(22)27/h5-7,9-11,16,19-20H,2-4,8,12-15,17-18H2,1H3,(H,25,26)/t19-,20-. The minimum Gasteiger partial charge on any atom is -0.365 e. The Hall–Kier alpha value is -2.03. The average Bonchev–Trinajstić information content (AvgIpc) is 2.86. The van der Waals surface area contributed by atoms with Crippen LogP contribution in [0.15, 0.2) is 42.6 Å². The number of anilines is 3. The van der Waals surface area contributed by atoms with Crippen LogP contribution in [0.2, 0.25) is 0 Å². The third-order valence-electron chi connectivity index (χ3n) is 6.41. The van der Waals surface area contributed by atoms with Crippen LogP contribution in [-0.2, 0) is 6.54 Å². The lowest BCUT2D eigenvalue weighted by molar-refractivity contribution is 0.260. The zero-order valence-electron chi connectivity index (χ0n) is 16.7. The molecule has 1 aromatic carbocycles. The van der Waals surface area contributed by atoms with E-state index in [-0.39, 0.29) is 0 Å². The van der Waals surface area contributed by atoms with E-state index in [0.717, 1.165) is 30.7 Å². The molecule has 1 aliphatic heterocycles. The first-order valence-corrected chi connectivity index (χ1v) is 10.9. The molecule has 144 valence electrons. The lowest BCUT2D eigenvalue weighted by Crippen LogP contribution is -2.31. The van der Waals surface area contributed by atoms with E-state index in [0.29, 0.717) is 0 Å². The highest BCUT2D eigenvalue weighted by molar-refractivity contribution is 5.77. The quantitative estimate of drug-likeness (QED) is 0.591. The molecule has 2 aliphatic rings. The van der Waals surface area contributed by atoms with Crippen molar-refractivity contribution in [3.8, 4) is 0 Å². The molecular weight excluding hydrogens is 330 g/mol. The van der Waals surface area contributed by atoms with Crippen LogP contribution in [0.25, 0.3) is 0 Å². The summed E-state index contributed by atoms with van der Waals surface area (Å²) in [5.41, 5.74) is 3.80. The van der Waals surface area contributed by atoms with Gasteiger partial charge in [-0.2, -0.15) is 0 Å². The van der Waals surface area contributed by atoms with Gasteiger partial charge in [-0.15, -0.1) is 0 Å². The molecule has 0 bridgehead atoms. The number of para-hydroxylation sites is 2. The molecule has 4 rings (SSSR count). The van der Waals surface area contributed by atoms with Gasteiger partial charge in [-0.3, -0.25) is 0 Å². The first kappa shape index (κ1) is 18.3. The van der Waals surface area contributed by atoms with E-state index >= 15 is 0 Å². The second-order valence-electron chi connectivity index (χ2n) is 8.42. The number of hydrogen-bond acceptors (Lipinski definition) is 3. The largest absolute Gasteiger partial charge is 0.365 e. The lowest BCUT2D eigenvalue weighted by atomic mass is 9.79. The zero-order valence-corrected chi connectivity index (χ0v) is 16.7. The van der Waals surface area contributed by atoms with Gasteiger partial charge in [0.05, 0.1) is 11.4 Å². The third-order valence-corrected chi connectivity index (χ3v) is 6.41. The lowest BCUT2D eigenvalue weighted by Gasteiger charge is -2.34. The molecule has 0 amide bonds. The van der Waals surface area contributed by atoms with Crippen molar-refractivity contribution < 1.29 is 0 Å². The van der Waals surface area contributed by atoms with Crippen LogP contribution >= 0.6 is 0 Å². The first-order valence-electron chi connectivity index (χ1n) is 10.9. The van der Waals surface area contributed by atoms with Gasteiger partial charge in [0.2, 0.25) is 0 Å². The maximum atomic E-state index is 4.57. The van der Waals surface area contributed by atoms with Gasteiger partial charge in [-0.1, -0.05) is 63.6 Å². The number of nitrogens with zero attached hydrogens (tertiary/aromatic N) is 2. The van der Waals surface area contributed by atoms with Crippen molar-refractivity contribution in [2.75, 3.05) is 16.8 Å². The van der Waals surface area contributed by atoms with Crippen LogP contribution < -0.4 is 10.2 Å². The predicted octanol–water partition coefficient (Wildman–Crippen LogP) is 6.53. The second-order valence-corrected chi connectivity index (χ2v) is 8.42. The van der Waals surface area contributed by atoms with Crippen molar-refractivity contribution in [3.63, 3.8) is 0 Å². The van der Waals surface area contributed by atoms with E-state index in [2.05, 4.69) is 58.5 Å². The van der Waals surface area contributed by atoms with E-state index in [1.807, 2.05) is 6.20 Å². The molecule has 1 saturated carbocycles. The molecule has 0 radical (unpaired) electrons. The minimum atomic E-state index is 0.818. The highest BCUT2D eigenvalue weighted by atomic mass is 15.2. The normalized spacial score (nSPS) is 21.7. The number of pyridine rings is 1. The van der Waals surface area contributed by atoms with Crippen LogP contribution in [0.5, 0.6) is 0 Å². The van der Waals surface area contributed by atoms with Crippen LogP contribution in [-0.4, -0.2) is 11.5 Å². The molecule has 0 spiro atoms. The molecule has 3 nitrogen and oxygen atoms in total. The van der Waals surface area contributed by atoms with Crippen LogP contribution in [0, 0.1) is 11.8 Å². The fourth-order valence-electron chi connectivity index (χ4n) is 4.81. The molecule has 1 aromatic heterocycles. The number of nitrogens with one attached hydrogen (secondary N) is 1. The van der Waals surface area contributed by atoms with Gasteiger partial charge in [-0.05, 0) is 42.9 Å². The van der Waals surface area contributed by atoms with Crippen molar-refractivity contribution in [1.29, 1.82) is 0 Å². The zero-order chi connectivity index (χ0) is 18.5. The Morgan fingerprint density at radius 2 is 1.81 bits per heavy atom. The van der Waals surface area contributed by atoms with E-state index in [1.165, 1.54) is 68.3 Å². The first-order chi connectivity index (χ1) is 13.3. The maximum Gasteiger partial charge on any atom is 0.135 e. The van der Waals surface area contributed by atoms with Gasteiger partial charge in [0.1, 0.15) is 5.82 Å². The highest BCUT2D eigenvalue weighted by Gasteiger charge is 2.25. The summed E-state index contributed by atoms with van der Waals surface area (Å²) in [5, 5.41) is 3.55. The van der Waals surface area contributed by atoms with Crippen molar-refractivity contribution in [2.24, 2.45) is 11.8 Å². The summed E-state index contributed by atoms with van der Waals surface area (Å²) in [4.78, 5) is 7.15. The Bertz CT molecular complexity index is 734. The molecule has 1 aliphatic carbocycles. The molecule has 0 saturated heterocycles. The Balaban J connectivity index is 1.43. The number of fused-ring (bicyclic) bond motifs is 2. The van der Waals surface area contributed by atoms with Gasteiger partial charge >= 0.3 is 0 Å². The second kappa shape index (κ2) is 8.77. The fraction of sp³-hybridized carbons (Fsp3) is 0.542. The smallest absolute Gasteiger partial charge is 0.135 e. The highest BCUT2D eigenvalue weighted by Crippen LogP contribution is 2.38. The van der Waals surface area contributed by atoms with E-state index < -0.39 is 0 Å². The molecular formula is C24H33N3. The van der Waals surface area contributed by atoms with E-state index in [9.17, 15) is 0 Å². The SMILES string of the molecule is CCCCC[C@H]1CC[C@H](CN2Cc3cccnc3Nc3ccccc32)CC1. The van der Waals surface area contributed by atoms with Crippen molar-refractivity contribution in [1.82, 2.24) is 4.98 Å². The van der Waals surface area contributed by atoms with Crippen molar-refractivity contribution in [3.05, 3.63) is 48.2 Å². The van der Waals surface area contributed by atoms with E-state index in [1.54, 1.807) is 0 Å². The van der Waals surface area contributed by atoms with Crippen LogP contribution in [0.3, 0.4) is 0 Å². The summed E-state index contributed by atoms with van der Waals surface area (Å²) >= 11 is 0. The van der Waals surface area contributed by atoms with Gasteiger partial charge < -0.3 is 10.2 Å². The minimum absolute atomic E-state index is 0.818. The molecule has 1 fully saturated rings. The Kier molecular flexibility index (Phi) is 5.96. The molecule has 2 heterocycles. The molecule has 27 heavy (non-hydrogen) atoms. The van der Waals surface area contributed by atoms with E-state index in [4.69, 9.17) is 0 Å². The van der Waals surface area contributed by atoms with Gasteiger partial charge in [0, 0.05) is 24.8 Å². The molecule has 1 N–H and O–H groups in total. The number of benzene rings is 1. The summed E-state index contributed by atoms with van der Waals surface area (Å²) in [6.07, 6.45) is 13.2. The Morgan fingerprint density at radius 1 is 1.00 bits per heavy atom. The third kappa shape index (κ3) is 4.45. The van der Waals surface area contributed by atoms with Crippen LogP contribution in [0.4, 0.5) is 17.2 Å². The maximum absolute atomic E-state index is 4.57. The molecule has 2 aromatic rings. The monoisotopic (exact) mass is 363 g/mol. The number of hydrogen-bond donors (Lipinski definition) is 1. The number of aromatic nitrogens is 1. The molecule has 3 heteroatoms. The summed E-state index contributed by atoms with van der Waals surface area (Å²) in [7, 11) is 0. The average molecular weight is 364 g/mol. The molecule has 0 unspecified atom stereocenters. The van der Waals surface area contributed by atoms with Crippen molar-refractivity contribution >= 4 is 17.2 Å². The Labute approximate surface area is 164 Å². The number of rotatable bonds is 6. The molecule has 0 atom stereocenters. The van der Waals surface area contributed by atoms with Crippen molar-refractivity contribution in [2.45, 2.75) is 64.8 Å². The summed E-state index contributed by atoms with van der Waals surface area (Å²) in [6, 6.07) is 13.0. The van der Waals surface area contributed by atoms with Gasteiger partial charge in [0.15, 0.2) is 0 Å².